The van der Waals surface area contributed by atoms with Gasteiger partial charge in [0.15, 0.2) is 0 Å². The monoisotopic (exact) mass is 402 g/mol. The van der Waals surface area contributed by atoms with E-state index in [-0.39, 0.29) is 36.8 Å². The molecule has 0 aliphatic carbocycles. The van der Waals surface area contributed by atoms with Crippen LogP contribution in [0.4, 0.5) is 5.69 Å². The molecule has 0 unspecified atom stereocenters. The number of rotatable bonds is 3. The molecule has 7 heteroatoms. The van der Waals surface area contributed by atoms with Crippen LogP contribution in [0.15, 0.2) is 18.2 Å². The molecule has 0 atom stereocenters. The largest absolute Gasteiger partial charge is 0.399 e. The van der Waals surface area contributed by atoms with Crippen LogP contribution in [0, 0.1) is 6.92 Å². The third-order valence-electron chi connectivity index (χ3n) is 5.58. The van der Waals surface area contributed by atoms with Crippen molar-refractivity contribution in [2.45, 2.75) is 44.7 Å². The van der Waals surface area contributed by atoms with Crippen LogP contribution in [-0.2, 0) is 0 Å². The number of halogens is 2. The number of benzene rings is 1. The average Bonchev–Trinajstić information content (AvgIpc) is 2.58. The molecule has 0 aromatic heterocycles. The van der Waals surface area contributed by atoms with E-state index in [2.05, 4.69) is 22.2 Å². The van der Waals surface area contributed by atoms with Crippen LogP contribution in [-0.4, -0.2) is 61.0 Å². The summed E-state index contributed by atoms with van der Waals surface area (Å²) in [5, 5.41) is 3.20. The Hall–Kier alpha value is -1.01. The second-order valence-electron chi connectivity index (χ2n) is 7.39. The van der Waals surface area contributed by atoms with E-state index in [1.54, 1.807) is 6.07 Å². The fraction of sp³-hybridized carbons (Fsp3) is 0.632. The Morgan fingerprint density at radius 3 is 2.31 bits per heavy atom. The summed E-state index contributed by atoms with van der Waals surface area (Å²) in [5.74, 6) is 0.0116. The van der Waals surface area contributed by atoms with Crippen molar-refractivity contribution in [1.82, 2.24) is 15.1 Å². The van der Waals surface area contributed by atoms with Gasteiger partial charge in [-0.2, -0.15) is 0 Å². The van der Waals surface area contributed by atoms with Gasteiger partial charge in [-0.05, 0) is 70.4 Å². The zero-order valence-corrected chi connectivity index (χ0v) is 17.4. The maximum Gasteiger partial charge on any atom is 0.251 e. The first-order chi connectivity index (χ1) is 11.5. The van der Waals surface area contributed by atoms with Crippen LogP contribution in [0.2, 0.25) is 0 Å². The number of hydrogen-bond donors (Lipinski definition) is 2. The van der Waals surface area contributed by atoms with Gasteiger partial charge in [0.25, 0.3) is 5.91 Å². The molecule has 2 heterocycles. The average molecular weight is 403 g/mol. The molecule has 1 aromatic rings. The Balaban J connectivity index is 0.00000169. The van der Waals surface area contributed by atoms with Crippen molar-refractivity contribution in [3.05, 3.63) is 29.3 Å². The second-order valence-corrected chi connectivity index (χ2v) is 7.39. The van der Waals surface area contributed by atoms with Crippen molar-refractivity contribution in [2.75, 3.05) is 39.0 Å². The lowest BCUT2D eigenvalue weighted by Gasteiger charge is -2.41. The van der Waals surface area contributed by atoms with Gasteiger partial charge < -0.3 is 20.9 Å². The topological polar surface area (TPSA) is 61.6 Å². The molecule has 0 spiro atoms. The van der Waals surface area contributed by atoms with Crippen molar-refractivity contribution < 1.29 is 4.79 Å². The van der Waals surface area contributed by atoms with E-state index < -0.39 is 0 Å². The Morgan fingerprint density at radius 1 is 1.08 bits per heavy atom. The molecule has 2 aliphatic heterocycles. The van der Waals surface area contributed by atoms with Gasteiger partial charge in [0.2, 0.25) is 0 Å². The maximum atomic E-state index is 12.5. The number of aryl methyl sites for hydroxylation is 1. The van der Waals surface area contributed by atoms with Gasteiger partial charge >= 0.3 is 0 Å². The first kappa shape index (κ1) is 23.0. The Labute approximate surface area is 169 Å². The van der Waals surface area contributed by atoms with E-state index in [1.807, 2.05) is 19.1 Å². The number of carbonyl (C=O) groups is 1. The SMILES string of the molecule is Cc1ccc(N)cc1C(=O)NC1CCN(C2CCN(C)CC2)CC1.Cl.Cl. The molecular weight excluding hydrogens is 371 g/mol. The highest BCUT2D eigenvalue weighted by atomic mass is 35.5. The van der Waals surface area contributed by atoms with Crippen molar-refractivity contribution in [3.8, 4) is 0 Å². The van der Waals surface area contributed by atoms with Crippen molar-refractivity contribution in [1.29, 1.82) is 0 Å². The van der Waals surface area contributed by atoms with Crippen LogP contribution in [0.25, 0.3) is 0 Å². The Bertz CT molecular complexity index is 583. The first-order valence-electron chi connectivity index (χ1n) is 9.12. The molecule has 0 saturated carbocycles. The van der Waals surface area contributed by atoms with Crippen LogP contribution < -0.4 is 11.1 Å². The number of hydrogen-bond acceptors (Lipinski definition) is 4. The first-order valence-corrected chi connectivity index (χ1v) is 9.12. The second kappa shape index (κ2) is 10.4. The van der Waals surface area contributed by atoms with E-state index in [0.29, 0.717) is 11.3 Å². The Kier molecular flexibility index (Phi) is 9.17. The van der Waals surface area contributed by atoms with E-state index >= 15 is 0 Å². The lowest BCUT2D eigenvalue weighted by molar-refractivity contribution is 0.0807. The molecule has 0 radical (unpaired) electrons. The zero-order valence-electron chi connectivity index (χ0n) is 15.7. The number of nitrogens with one attached hydrogen (secondary N) is 1. The number of nitrogens with zero attached hydrogens (tertiary/aromatic N) is 2. The summed E-state index contributed by atoms with van der Waals surface area (Å²) in [7, 11) is 2.20. The van der Waals surface area contributed by atoms with Crippen molar-refractivity contribution in [3.63, 3.8) is 0 Å². The smallest absolute Gasteiger partial charge is 0.251 e. The highest BCUT2D eigenvalue weighted by Gasteiger charge is 2.28. The summed E-state index contributed by atoms with van der Waals surface area (Å²) in [4.78, 5) is 17.6. The van der Waals surface area contributed by atoms with Crippen LogP contribution in [0.3, 0.4) is 0 Å². The lowest BCUT2D eigenvalue weighted by atomic mass is 9.97. The number of nitrogens with two attached hydrogens (primary N) is 1. The number of amides is 1. The van der Waals surface area contributed by atoms with Crippen LogP contribution in [0.1, 0.15) is 41.6 Å². The predicted octanol–water partition coefficient (Wildman–Crippen LogP) is 2.71. The van der Waals surface area contributed by atoms with Crippen LogP contribution >= 0.6 is 24.8 Å². The zero-order chi connectivity index (χ0) is 17.1. The lowest BCUT2D eigenvalue weighted by Crippen LogP contribution is -2.50. The molecule has 5 nitrogen and oxygen atoms in total. The minimum absolute atomic E-state index is 0. The van der Waals surface area contributed by atoms with Crippen molar-refractivity contribution in [2.24, 2.45) is 0 Å². The summed E-state index contributed by atoms with van der Waals surface area (Å²) in [5.41, 5.74) is 8.14. The molecule has 2 aliphatic rings. The fourth-order valence-electron chi connectivity index (χ4n) is 3.92. The molecule has 1 amide bonds. The van der Waals surface area contributed by atoms with Gasteiger partial charge in [-0.3, -0.25) is 4.79 Å². The molecule has 148 valence electrons. The number of carbonyl (C=O) groups excluding carboxylic acids is 1. The number of likely N-dealkylation sites (tertiary alicyclic amines) is 2. The summed E-state index contributed by atoms with van der Waals surface area (Å²) in [6.45, 7) is 6.55. The Morgan fingerprint density at radius 2 is 1.69 bits per heavy atom. The molecule has 0 bridgehead atoms. The number of piperidine rings is 2. The normalized spacial score (nSPS) is 20.1. The standard InChI is InChI=1S/C19H30N4O.2ClH/c1-14-3-4-15(20)13-18(14)19(24)21-16-5-11-23(12-6-16)17-7-9-22(2)10-8-17;;/h3-4,13,16-17H,5-12,20H2,1-2H3,(H,21,24);2*1H. The molecular formula is C19H32Cl2N4O. The minimum Gasteiger partial charge on any atom is -0.399 e. The highest BCUT2D eigenvalue weighted by molar-refractivity contribution is 5.96. The quantitative estimate of drug-likeness (QED) is 0.762. The van der Waals surface area contributed by atoms with Crippen molar-refractivity contribution >= 4 is 36.4 Å². The fourth-order valence-corrected chi connectivity index (χ4v) is 3.92. The number of nitrogen functional groups attached to an aromatic ring is 1. The predicted molar refractivity (Wildman–Crippen MR) is 113 cm³/mol. The summed E-state index contributed by atoms with van der Waals surface area (Å²) in [6.07, 6.45) is 4.63. The summed E-state index contributed by atoms with van der Waals surface area (Å²) < 4.78 is 0. The molecule has 2 fully saturated rings. The van der Waals surface area contributed by atoms with Crippen LogP contribution in [0.5, 0.6) is 0 Å². The van der Waals surface area contributed by atoms with E-state index in [0.717, 1.165) is 37.5 Å². The van der Waals surface area contributed by atoms with Gasteiger partial charge in [-0.1, -0.05) is 6.07 Å². The van der Waals surface area contributed by atoms with E-state index in [4.69, 9.17) is 5.73 Å². The molecule has 26 heavy (non-hydrogen) atoms. The minimum atomic E-state index is 0. The third-order valence-corrected chi connectivity index (χ3v) is 5.58. The third kappa shape index (κ3) is 5.74. The van der Waals surface area contributed by atoms with Gasteiger partial charge in [-0.25, -0.2) is 0 Å². The highest BCUT2D eigenvalue weighted by Crippen LogP contribution is 2.21. The van der Waals surface area contributed by atoms with Gasteiger partial charge in [0.1, 0.15) is 0 Å². The summed E-state index contributed by atoms with van der Waals surface area (Å²) in [6, 6.07) is 6.53. The molecule has 3 N–H and O–H groups in total. The van der Waals surface area contributed by atoms with E-state index in [1.165, 1.54) is 25.9 Å². The number of anilines is 1. The van der Waals surface area contributed by atoms with E-state index in [9.17, 15) is 4.79 Å². The van der Waals surface area contributed by atoms with Gasteiger partial charge in [0, 0.05) is 36.4 Å². The van der Waals surface area contributed by atoms with Gasteiger partial charge in [-0.15, -0.1) is 24.8 Å². The maximum absolute atomic E-state index is 12.5. The summed E-state index contributed by atoms with van der Waals surface area (Å²) >= 11 is 0. The molecule has 2 saturated heterocycles. The molecule has 1 aromatic carbocycles. The molecule has 3 rings (SSSR count). The van der Waals surface area contributed by atoms with Gasteiger partial charge in [0.05, 0.1) is 0 Å².